The Morgan fingerprint density at radius 3 is 2.53 bits per heavy atom. The molecule has 0 radical (unpaired) electrons. The number of nitriles is 1. The fraction of sp³-hybridized carbons (Fsp3) is 0.846. The Morgan fingerprint density at radius 2 is 2.07 bits per heavy atom. The van der Waals surface area contributed by atoms with Crippen molar-refractivity contribution in [2.45, 2.75) is 58.8 Å². The van der Waals surface area contributed by atoms with E-state index in [0.29, 0.717) is 12.3 Å². The molecule has 0 N–H and O–H groups in total. The first-order chi connectivity index (χ1) is 7.18. The van der Waals surface area contributed by atoms with Gasteiger partial charge >= 0.3 is 0 Å². The highest BCUT2D eigenvalue weighted by Gasteiger charge is 2.41. The number of Topliss-reactive ketones (excluding diaryl/α,β-unsaturated/α-hetero) is 1. The van der Waals surface area contributed by atoms with Crippen LogP contribution < -0.4 is 0 Å². The van der Waals surface area contributed by atoms with Crippen LogP contribution in [-0.2, 0) is 4.79 Å². The van der Waals surface area contributed by atoms with E-state index in [1.807, 2.05) is 0 Å². The molecule has 0 aromatic carbocycles. The van der Waals surface area contributed by atoms with Gasteiger partial charge in [-0.25, -0.2) is 0 Å². The SMILES string of the molecule is CCC(CC)CC1(C#N)CCCCC1=O. The summed E-state index contributed by atoms with van der Waals surface area (Å²) in [6.45, 7) is 4.29. The maximum atomic E-state index is 11.9. The van der Waals surface area contributed by atoms with E-state index >= 15 is 0 Å². The zero-order valence-electron chi connectivity index (χ0n) is 9.88. The Morgan fingerprint density at radius 1 is 1.40 bits per heavy atom. The van der Waals surface area contributed by atoms with Crippen LogP contribution in [0.5, 0.6) is 0 Å². The van der Waals surface area contributed by atoms with Crippen LogP contribution in [0.15, 0.2) is 0 Å². The number of hydrogen-bond acceptors (Lipinski definition) is 2. The van der Waals surface area contributed by atoms with Gasteiger partial charge < -0.3 is 0 Å². The summed E-state index contributed by atoms with van der Waals surface area (Å²) in [6.07, 6.45) is 6.37. The molecule has 0 aliphatic heterocycles. The summed E-state index contributed by atoms with van der Waals surface area (Å²) in [7, 11) is 0. The molecule has 84 valence electrons. The predicted octanol–water partition coefficient (Wildman–Crippen LogP) is 3.47. The van der Waals surface area contributed by atoms with Gasteiger partial charge in [0.2, 0.25) is 0 Å². The van der Waals surface area contributed by atoms with E-state index in [1.165, 1.54) is 0 Å². The second kappa shape index (κ2) is 5.30. The molecule has 0 aromatic rings. The number of carbonyl (C=O) groups excluding carboxylic acids is 1. The first kappa shape index (κ1) is 12.2. The van der Waals surface area contributed by atoms with E-state index in [4.69, 9.17) is 0 Å². The van der Waals surface area contributed by atoms with Gasteiger partial charge in [-0.15, -0.1) is 0 Å². The predicted molar refractivity (Wildman–Crippen MR) is 60.2 cm³/mol. The van der Waals surface area contributed by atoms with Crippen LogP contribution in [0.2, 0.25) is 0 Å². The van der Waals surface area contributed by atoms with Crippen LogP contribution in [0, 0.1) is 22.7 Å². The molecule has 1 unspecified atom stereocenters. The first-order valence-corrected chi connectivity index (χ1v) is 6.13. The normalized spacial score (nSPS) is 26.7. The van der Waals surface area contributed by atoms with Crippen molar-refractivity contribution in [1.29, 1.82) is 5.26 Å². The molecular weight excluding hydrogens is 186 g/mol. The minimum atomic E-state index is -0.630. The first-order valence-electron chi connectivity index (χ1n) is 6.13. The van der Waals surface area contributed by atoms with Crippen LogP contribution in [-0.4, -0.2) is 5.78 Å². The van der Waals surface area contributed by atoms with Crippen molar-refractivity contribution < 1.29 is 4.79 Å². The molecule has 0 spiro atoms. The lowest BCUT2D eigenvalue weighted by Gasteiger charge is -2.32. The highest BCUT2D eigenvalue weighted by atomic mass is 16.1. The van der Waals surface area contributed by atoms with Crippen molar-refractivity contribution in [3.63, 3.8) is 0 Å². The molecule has 2 nitrogen and oxygen atoms in total. The van der Waals surface area contributed by atoms with Gasteiger partial charge in [-0.3, -0.25) is 4.79 Å². The highest BCUT2D eigenvalue weighted by molar-refractivity contribution is 5.88. The monoisotopic (exact) mass is 207 g/mol. The minimum absolute atomic E-state index is 0.197. The van der Waals surface area contributed by atoms with Gasteiger partial charge in [-0.2, -0.15) is 5.26 Å². The van der Waals surface area contributed by atoms with E-state index in [-0.39, 0.29) is 5.78 Å². The van der Waals surface area contributed by atoms with Crippen LogP contribution in [0.1, 0.15) is 58.8 Å². The third-order valence-corrected chi connectivity index (χ3v) is 3.80. The van der Waals surface area contributed by atoms with E-state index in [2.05, 4.69) is 19.9 Å². The average Bonchev–Trinajstić information content (AvgIpc) is 2.28. The second-order valence-electron chi connectivity index (χ2n) is 4.71. The summed E-state index contributed by atoms with van der Waals surface area (Å²) in [5.74, 6) is 0.731. The van der Waals surface area contributed by atoms with Gasteiger partial charge in [0, 0.05) is 6.42 Å². The standard InChI is InChI=1S/C13H21NO/c1-3-11(4-2)9-13(10-14)8-6-5-7-12(13)15/h11H,3-9H2,1-2H3. The zero-order valence-corrected chi connectivity index (χ0v) is 9.88. The maximum absolute atomic E-state index is 11.9. The van der Waals surface area contributed by atoms with Gasteiger partial charge in [0.25, 0.3) is 0 Å². The third-order valence-electron chi connectivity index (χ3n) is 3.80. The Kier molecular flexibility index (Phi) is 4.32. The lowest BCUT2D eigenvalue weighted by Crippen LogP contribution is -2.34. The fourth-order valence-corrected chi connectivity index (χ4v) is 2.54. The van der Waals surface area contributed by atoms with Gasteiger partial charge in [-0.1, -0.05) is 33.1 Å². The Balaban J connectivity index is 2.75. The number of rotatable bonds is 4. The van der Waals surface area contributed by atoms with E-state index < -0.39 is 5.41 Å². The topological polar surface area (TPSA) is 40.9 Å². The highest BCUT2D eigenvalue weighted by Crippen LogP contribution is 2.39. The summed E-state index contributed by atoms with van der Waals surface area (Å²) in [4.78, 5) is 11.9. The largest absolute Gasteiger partial charge is 0.298 e. The van der Waals surface area contributed by atoms with Gasteiger partial charge in [0.05, 0.1) is 6.07 Å². The van der Waals surface area contributed by atoms with Crippen LogP contribution in [0.3, 0.4) is 0 Å². The number of hydrogen-bond donors (Lipinski definition) is 0. The van der Waals surface area contributed by atoms with Gasteiger partial charge in [0.1, 0.15) is 5.41 Å². The Bertz CT molecular complexity index is 262. The molecule has 1 aliphatic rings. The summed E-state index contributed by atoms with van der Waals surface area (Å²) >= 11 is 0. The lowest BCUT2D eigenvalue weighted by atomic mass is 9.68. The van der Waals surface area contributed by atoms with Crippen LogP contribution >= 0.6 is 0 Å². The van der Waals surface area contributed by atoms with Crippen molar-refractivity contribution in [1.82, 2.24) is 0 Å². The van der Waals surface area contributed by atoms with Crippen LogP contribution in [0.25, 0.3) is 0 Å². The van der Waals surface area contributed by atoms with Crippen molar-refractivity contribution in [2.24, 2.45) is 11.3 Å². The summed E-state index contributed by atoms with van der Waals surface area (Å²) in [5, 5.41) is 9.28. The van der Waals surface area contributed by atoms with Crippen molar-refractivity contribution >= 4 is 5.78 Å². The number of ketones is 1. The molecule has 1 atom stereocenters. The molecule has 2 heteroatoms. The molecule has 0 amide bonds. The van der Waals surface area contributed by atoms with E-state index in [1.54, 1.807) is 0 Å². The van der Waals surface area contributed by atoms with Crippen LogP contribution in [0.4, 0.5) is 0 Å². The number of nitrogens with zero attached hydrogens (tertiary/aromatic N) is 1. The molecule has 0 heterocycles. The summed E-state index contributed by atoms with van der Waals surface area (Å²) in [5.41, 5.74) is -0.630. The maximum Gasteiger partial charge on any atom is 0.153 e. The van der Waals surface area contributed by atoms with Gasteiger partial charge in [-0.05, 0) is 25.2 Å². The Labute approximate surface area is 92.7 Å². The van der Waals surface area contributed by atoms with E-state index in [0.717, 1.165) is 38.5 Å². The molecule has 1 aliphatic carbocycles. The van der Waals surface area contributed by atoms with E-state index in [9.17, 15) is 10.1 Å². The average molecular weight is 207 g/mol. The summed E-state index contributed by atoms with van der Waals surface area (Å²) in [6, 6.07) is 2.32. The molecule has 1 saturated carbocycles. The Hall–Kier alpha value is -0.840. The second-order valence-corrected chi connectivity index (χ2v) is 4.71. The molecule has 0 bridgehead atoms. The molecule has 0 aromatic heterocycles. The molecule has 1 fully saturated rings. The smallest absolute Gasteiger partial charge is 0.153 e. The lowest BCUT2D eigenvalue weighted by molar-refractivity contribution is -0.129. The summed E-state index contributed by atoms with van der Waals surface area (Å²) < 4.78 is 0. The molecule has 0 saturated heterocycles. The molecular formula is C13H21NO. The van der Waals surface area contributed by atoms with Crippen molar-refractivity contribution in [3.8, 4) is 6.07 Å². The quantitative estimate of drug-likeness (QED) is 0.708. The number of carbonyl (C=O) groups is 1. The van der Waals surface area contributed by atoms with Gasteiger partial charge in [0.15, 0.2) is 5.78 Å². The zero-order chi connectivity index (χ0) is 11.3. The molecule has 15 heavy (non-hydrogen) atoms. The fourth-order valence-electron chi connectivity index (χ4n) is 2.54. The van der Waals surface area contributed by atoms with Crippen molar-refractivity contribution in [3.05, 3.63) is 0 Å². The third kappa shape index (κ3) is 2.59. The van der Waals surface area contributed by atoms with Crippen molar-refractivity contribution in [2.75, 3.05) is 0 Å². The minimum Gasteiger partial charge on any atom is -0.298 e. The molecule has 1 rings (SSSR count).